The van der Waals surface area contributed by atoms with E-state index in [2.05, 4.69) is 49.4 Å². The predicted molar refractivity (Wildman–Crippen MR) is 64.5 cm³/mol. The van der Waals surface area contributed by atoms with Crippen molar-refractivity contribution in [2.24, 2.45) is 0 Å². The zero-order valence-corrected chi connectivity index (χ0v) is 10.7. The van der Waals surface area contributed by atoms with Crippen LogP contribution in [0.4, 0.5) is 0 Å². The van der Waals surface area contributed by atoms with Crippen LogP contribution in [0.25, 0.3) is 0 Å². The van der Waals surface area contributed by atoms with E-state index in [4.69, 9.17) is 4.74 Å². The molecule has 0 amide bonds. The van der Waals surface area contributed by atoms with E-state index in [1.54, 1.807) is 0 Å². The fraction of sp³-hybridized carbons (Fsp3) is 0.455. The molecule has 0 bridgehead atoms. The number of ether oxygens (including phenoxy) is 1. The van der Waals surface area contributed by atoms with Crippen molar-refractivity contribution < 1.29 is 4.74 Å². The third-order valence-electron chi connectivity index (χ3n) is 2.25. The van der Waals surface area contributed by atoms with E-state index in [0.717, 1.165) is 12.4 Å². The lowest BCUT2D eigenvalue weighted by molar-refractivity contribution is 0.335. The third-order valence-corrected chi connectivity index (χ3v) is 3.37. The Morgan fingerprint density at radius 2 is 1.85 bits per heavy atom. The van der Waals surface area contributed by atoms with Gasteiger partial charge >= 0.3 is 0 Å². The van der Waals surface area contributed by atoms with Crippen molar-refractivity contribution in [3.05, 3.63) is 26.3 Å². The number of hydrogen-bond donors (Lipinski definition) is 0. The number of halogens is 1. The Hall–Kier alpha value is -0.250. The molecule has 0 N–H and O–H groups in total. The fourth-order valence-corrected chi connectivity index (χ4v) is 2.25. The maximum atomic E-state index is 5.60. The summed E-state index contributed by atoms with van der Waals surface area (Å²) in [6.07, 6.45) is 0. The molecule has 0 radical (unpaired) electrons. The summed E-state index contributed by atoms with van der Waals surface area (Å²) < 4.78 is 6.92. The van der Waals surface area contributed by atoms with E-state index in [9.17, 15) is 0 Å². The summed E-state index contributed by atoms with van der Waals surface area (Å²) in [4.78, 5) is 0. The zero-order chi connectivity index (χ0) is 10.0. The van der Waals surface area contributed by atoms with Gasteiger partial charge in [0.15, 0.2) is 0 Å². The van der Waals surface area contributed by atoms with Crippen molar-refractivity contribution in [3.8, 4) is 5.75 Å². The fourth-order valence-electron chi connectivity index (χ4n) is 1.38. The van der Waals surface area contributed by atoms with Gasteiger partial charge in [0.2, 0.25) is 0 Å². The first kappa shape index (κ1) is 10.8. The minimum Gasteiger partial charge on any atom is -0.493 e. The van der Waals surface area contributed by atoms with Crippen molar-refractivity contribution in [1.29, 1.82) is 0 Å². The molecule has 0 fully saturated rings. The van der Waals surface area contributed by atoms with Gasteiger partial charge in [0.25, 0.3) is 0 Å². The molecular formula is C11H15IO. The maximum Gasteiger partial charge on any atom is 0.125 e. The average molecular weight is 290 g/mol. The van der Waals surface area contributed by atoms with Crippen LogP contribution >= 0.6 is 22.6 Å². The third kappa shape index (κ3) is 2.16. The van der Waals surface area contributed by atoms with Crippen LogP contribution in [0.2, 0.25) is 0 Å². The van der Waals surface area contributed by atoms with E-state index < -0.39 is 0 Å². The summed E-state index contributed by atoms with van der Waals surface area (Å²) in [5, 5.41) is 0. The molecule has 1 nitrogen and oxygen atoms in total. The summed E-state index contributed by atoms with van der Waals surface area (Å²) in [7, 11) is 0. The van der Waals surface area contributed by atoms with Crippen molar-refractivity contribution in [2.75, 3.05) is 6.61 Å². The molecule has 13 heavy (non-hydrogen) atoms. The Bertz CT molecular complexity index is 318. The molecule has 0 saturated heterocycles. The van der Waals surface area contributed by atoms with Gasteiger partial charge in [0.1, 0.15) is 5.75 Å². The second kappa shape index (κ2) is 4.31. The van der Waals surface area contributed by atoms with Gasteiger partial charge in [-0.3, -0.25) is 0 Å². The number of rotatable bonds is 2. The normalized spacial score (nSPS) is 10.2. The lowest BCUT2D eigenvalue weighted by Crippen LogP contribution is -1.99. The Morgan fingerprint density at radius 3 is 2.38 bits per heavy atom. The Labute approximate surface area is 93.6 Å². The van der Waals surface area contributed by atoms with E-state index in [1.165, 1.54) is 20.3 Å². The summed E-state index contributed by atoms with van der Waals surface area (Å²) in [5.74, 6) is 1.06. The smallest absolute Gasteiger partial charge is 0.125 e. The van der Waals surface area contributed by atoms with Crippen molar-refractivity contribution in [2.45, 2.75) is 27.7 Å². The lowest BCUT2D eigenvalue weighted by Gasteiger charge is -2.13. The maximum absolute atomic E-state index is 5.60. The molecule has 0 unspecified atom stereocenters. The molecule has 1 aromatic rings. The Kier molecular flexibility index (Phi) is 3.59. The van der Waals surface area contributed by atoms with Crippen LogP contribution in [-0.4, -0.2) is 6.61 Å². The van der Waals surface area contributed by atoms with Gasteiger partial charge in [0.05, 0.1) is 6.61 Å². The monoisotopic (exact) mass is 290 g/mol. The lowest BCUT2D eigenvalue weighted by atomic mass is 10.1. The highest BCUT2D eigenvalue weighted by Crippen LogP contribution is 2.29. The molecule has 0 spiro atoms. The number of hydrogen-bond acceptors (Lipinski definition) is 1. The predicted octanol–water partition coefficient (Wildman–Crippen LogP) is 3.62. The highest BCUT2D eigenvalue weighted by molar-refractivity contribution is 14.1. The number of benzene rings is 1. The molecule has 0 aromatic heterocycles. The number of aryl methyl sites for hydroxylation is 1. The molecule has 0 atom stereocenters. The first-order valence-electron chi connectivity index (χ1n) is 4.47. The first-order valence-corrected chi connectivity index (χ1v) is 5.54. The van der Waals surface area contributed by atoms with Crippen LogP contribution in [0, 0.1) is 24.3 Å². The van der Waals surface area contributed by atoms with Crippen LogP contribution in [-0.2, 0) is 0 Å². The average Bonchev–Trinajstić information content (AvgIpc) is 2.09. The van der Waals surface area contributed by atoms with E-state index in [1.807, 2.05) is 6.92 Å². The molecule has 1 rings (SSSR count). The largest absolute Gasteiger partial charge is 0.493 e. The first-order chi connectivity index (χ1) is 6.07. The molecule has 2 heteroatoms. The van der Waals surface area contributed by atoms with Crippen molar-refractivity contribution in [1.82, 2.24) is 0 Å². The SMILES string of the molecule is CCOc1c(C)cc(I)c(C)c1C. The topological polar surface area (TPSA) is 9.23 Å². The van der Waals surface area contributed by atoms with Gasteiger partial charge in [0, 0.05) is 3.57 Å². The summed E-state index contributed by atoms with van der Waals surface area (Å²) in [5.41, 5.74) is 3.83. The summed E-state index contributed by atoms with van der Waals surface area (Å²) in [6.45, 7) is 9.11. The quantitative estimate of drug-likeness (QED) is 0.756. The van der Waals surface area contributed by atoms with Crippen LogP contribution in [0.5, 0.6) is 5.75 Å². The molecule has 0 aliphatic carbocycles. The second-order valence-electron chi connectivity index (χ2n) is 3.19. The second-order valence-corrected chi connectivity index (χ2v) is 4.35. The molecule has 0 aliphatic heterocycles. The van der Waals surface area contributed by atoms with Crippen LogP contribution < -0.4 is 4.74 Å². The molecular weight excluding hydrogens is 275 g/mol. The molecule has 0 heterocycles. The Balaban J connectivity index is 3.26. The van der Waals surface area contributed by atoms with Gasteiger partial charge < -0.3 is 4.74 Å². The van der Waals surface area contributed by atoms with Gasteiger partial charge in [-0.1, -0.05) is 0 Å². The standard InChI is InChI=1S/C11H15IO/c1-5-13-11-7(2)6-10(12)8(3)9(11)4/h6H,5H2,1-4H3. The summed E-state index contributed by atoms with van der Waals surface area (Å²) >= 11 is 2.37. The Morgan fingerprint density at radius 1 is 1.23 bits per heavy atom. The minimum atomic E-state index is 0.738. The van der Waals surface area contributed by atoms with Crippen molar-refractivity contribution >= 4 is 22.6 Å². The van der Waals surface area contributed by atoms with Gasteiger partial charge in [-0.15, -0.1) is 0 Å². The highest BCUT2D eigenvalue weighted by atomic mass is 127. The molecule has 0 aliphatic rings. The van der Waals surface area contributed by atoms with E-state index in [-0.39, 0.29) is 0 Å². The zero-order valence-electron chi connectivity index (χ0n) is 8.57. The molecule has 0 saturated carbocycles. The van der Waals surface area contributed by atoms with Crippen LogP contribution in [0.1, 0.15) is 23.6 Å². The van der Waals surface area contributed by atoms with Gasteiger partial charge in [-0.2, -0.15) is 0 Å². The highest BCUT2D eigenvalue weighted by Gasteiger charge is 2.08. The van der Waals surface area contributed by atoms with Gasteiger partial charge in [-0.25, -0.2) is 0 Å². The molecule has 72 valence electrons. The van der Waals surface area contributed by atoms with Crippen LogP contribution in [0.15, 0.2) is 6.07 Å². The molecule has 1 aromatic carbocycles. The minimum absolute atomic E-state index is 0.738. The van der Waals surface area contributed by atoms with E-state index in [0.29, 0.717) is 0 Å². The van der Waals surface area contributed by atoms with Gasteiger partial charge in [-0.05, 0) is 73.0 Å². The van der Waals surface area contributed by atoms with E-state index >= 15 is 0 Å². The van der Waals surface area contributed by atoms with Crippen LogP contribution in [0.3, 0.4) is 0 Å². The summed E-state index contributed by atoms with van der Waals surface area (Å²) in [6, 6.07) is 2.17. The van der Waals surface area contributed by atoms with Crippen molar-refractivity contribution in [3.63, 3.8) is 0 Å².